The fourth-order valence-corrected chi connectivity index (χ4v) is 4.80. The Kier molecular flexibility index (Phi) is 6.54. The summed E-state index contributed by atoms with van der Waals surface area (Å²) in [5.41, 5.74) is 3.45. The third kappa shape index (κ3) is 4.63. The first-order valence-electron chi connectivity index (χ1n) is 10.0. The van der Waals surface area contributed by atoms with Crippen LogP contribution < -0.4 is 5.32 Å². The highest BCUT2D eigenvalue weighted by atomic mass is 32.1. The number of H-pyrrole nitrogens is 1. The number of carbonyl (C=O) groups excluding carboxylic acids is 2. The molecule has 6 nitrogen and oxygen atoms in total. The summed E-state index contributed by atoms with van der Waals surface area (Å²) in [5, 5.41) is 4.12. The standard InChI is InChI=1S/C21H29N3O3S/c1-12(2)27-21(26)18-13(3)19(23-14(18)4)20(25)22-11-7-10-17-24-15-8-5-6-9-16(15)28-17/h12,23H,5-11H2,1-4H3,(H,22,25). The summed E-state index contributed by atoms with van der Waals surface area (Å²) in [6.45, 7) is 7.75. The Bertz CT molecular complexity index is 843. The molecule has 2 aromatic heterocycles. The number of aryl methyl sites for hydroxylation is 4. The van der Waals surface area contributed by atoms with E-state index >= 15 is 0 Å². The highest BCUT2D eigenvalue weighted by molar-refractivity contribution is 7.11. The Morgan fingerprint density at radius 2 is 2.00 bits per heavy atom. The van der Waals surface area contributed by atoms with Crippen molar-refractivity contribution >= 4 is 23.2 Å². The van der Waals surface area contributed by atoms with E-state index in [0.717, 1.165) is 25.7 Å². The second-order valence-corrected chi connectivity index (χ2v) is 8.79. The fraction of sp³-hybridized carbons (Fsp3) is 0.571. The number of aromatic amines is 1. The lowest BCUT2D eigenvalue weighted by atomic mass is 10.0. The minimum absolute atomic E-state index is 0.192. The van der Waals surface area contributed by atoms with Gasteiger partial charge in [-0.05, 0) is 65.4 Å². The molecular weight excluding hydrogens is 374 g/mol. The number of nitrogens with zero attached hydrogens (tertiary/aromatic N) is 1. The highest BCUT2D eigenvalue weighted by Crippen LogP contribution is 2.27. The number of ether oxygens (including phenoxy) is 1. The Hall–Kier alpha value is -2.15. The van der Waals surface area contributed by atoms with Gasteiger partial charge in [0, 0.05) is 23.5 Å². The number of aromatic nitrogens is 2. The minimum atomic E-state index is -0.395. The number of carbonyl (C=O) groups is 2. The lowest BCUT2D eigenvalue weighted by Gasteiger charge is -2.08. The van der Waals surface area contributed by atoms with Crippen molar-refractivity contribution in [3.63, 3.8) is 0 Å². The van der Waals surface area contributed by atoms with E-state index < -0.39 is 5.97 Å². The molecule has 0 aromatic carbocycles. The van der Waals surface area contributed by atoms with Crippen LogP contribution in [-0.4, -0.2) is 34.5 Å². The normalized spacial score (nSPS) is 13.5. The van der Waals surface area contributed by atoms with Crippen molar-refractivity contribution in [1.29, 1.82) is 0 Å². The molecule has 0 unspecified atom stereocenters. The van der Waals surface area contributed by atoms with Gasteiger partial charge in [0.15, 0.2) is 0 Å². The van der Waals surface area contributed by atoms with Crippen molar-refractivity contribution in [2.75, 3.05) is 6.54 Å². The topological polar surface area (TPSA) is 84.1 Å². The maximum absolute atomic E-state index is 12.5. The Labute approximate surface area is 170 Å². The van der Waals surface area contributed by atoms with E-state index in [9.17, 15) is 9.59 Å². The molecule has 1 aliphatic rings. The van der Waals surface area contributed by atoms with Gasteiger partial charge in [0.05, 0.1) is 22.4 Å². The second-order valence-electron chi connectivity index (χ2n) is 7.62. The quantitative estimate of drug-likeness (QED) is 0.542. The van der Waals surface area contributed by atoms with E-state index in [1.165, 1.54) is 28.4 Å². The van der Waals surface area contributed by atoms with E-state index in [1.807, 2.05) is 25.2 Å². The average Bonchev–Trinajstić information content (AvgIpc) is 3.18. The predicted molar refractivity (Wildman–Crippen MR) is 110 cm³/mol. The number of nitrogens with one attached hydrogen (secondary N) is 2. The lowest BCUT2D eigenvalue weighted by Crippen LogP contribution is -2.26. The molecule has 2 aromatic rings. The van der Waals surface area contributed by atoms with Gasteiger partial charge in [0.25, 0.3) is 5.91 Å². The number of fused-ring (bicyclic) bond motifs is 1. The van der Waals surface area contributed by atoms with Crippen LogP contribution in [0.25, 0.3) is 0 Å². The van der Waals surface area contributed by atoms with Crippen LogP contribution in [0.2, 0.25) is 0 Å². The van der Waals surface area contributed by atoms with E-state index in [4.69, 9.17) is 9.72 Å². The third-order valence-corrected chi connectivity index (χ3v) is 6.17. The molecule has 0 saturated carbocycles. The first-order valence-corrected chi connectivity index (χ1v) is 10.8. The van der Waals surface area contributed by atoms with Crippen LogP contribution in [0.3, 0.4) is 0 Å². The van der Waals surface area contributed by atoms with Crippen LogP contribution in [0.4, 0.5) is 0 Å². The number of hydrogen-bond donors (Lipinski definition) is 2. The number of hydrogen-bond acceptors (Lipinski definition) is 5. The second kappa shape index (κ2) is 8.90. The van der Waals surface area contributed by atoms with Gasteiger partial charge < -0.3 is 15.0 Å². The summed E-state index contributed by atoms with van der Waals surface area (Å²) in [4.78, 5) is 34.0. The van der Waals surface area contributed by atoms with Crippen molar-refractivity contribution in [3.8, 4) is 0 Å². The van der Waals surface area contributed by atoms with Gasteiger partial charge in [-0.3, -0.25) is 4.79 Å². The molecule has 0 aliphatic heterocycles. The van der Waals surface area contributed by atoms with Gasteiger partial charge in [-0.1, -0.05) is 0 Å². The van der Waals surface area contributed by atoms with Crippen molar-refractivity contribution in [2.24, 2.45) is 0 Å². The van der Waals surface area contributed by atoms with Crippen LogP contribution in [0.5, 0.6) is 0 Å². The Morgan fingerprint density at radius 1 is 1.25 bits per heavy atom. The molecule has 2 N–H and O–H groups in total. The van der Waals surface area contributed by atoms with Gasteiger partial charge in [-0.15, -0.1) is 11.3 Å². The van der Waals surface area contributed by atoms with Crippen molar-refractivity contribution in [1.82, 2.24) is 15.3 Å². The molecule has 3 rings (SSSR count). The van der Waals surface area contributed by atoms with Crippen molar-refractivity contribution in [2.45, 2.75) is 72.3 Å². The van der Waals surface area contributed by atoms with E-state index in [-0.39, 0.29) is 12.0 Å². The number of esters is 1. The molecule has 1 amide bonds. The number of rotatable bonds is 7. The summed E-state index contributed by atoms with van der Waals surface area (Å²) < 4.78 is 5.28. The van der Waals surface area contributed by atoms with Gasteiger partial charge in [0.1, 0.15) is 5.69 Å². The maximum Gasteiger partial charge on any atom is 0.340 e. The third-order valence-electron chi connectivity index (χ3n) is 4.95. The summed E-state index contributed by atoms with van der Waals surface area (Å²) in [6.07, 6.45) is 6.31. The minimum Gasteiger partial charge on any atom is -0.459 e. The van der Waals surface area contributed by atoms with Crippen molar-refractivity contribution in [3.05, 3.63) is 38.1 Å². The zero-order valence-corrected chi connectivity index (χ0v) is 17.9. The van der Waals surface area contributed by atoms with E-state index in [0.29, 0.717) is 29.1 Å². The molecule has 0 atom stereocenters. The molecule has 28 heavy (non-hydrogen) atoms. The monoisotopic (exact) mass is 403 g/mol. The zero-order chi connectivity index (χ0) is 20.3. The molecular formula is C21H29N3O3S. The summed E-state index contributed by atoms with van der Waals surface area (Å²) >= 11 is 1.82. The first kappa shape index (κ1) is 20.6. The Morgan fingerprint density at radius 3 is 2.71 bits per heavy atom. The molecule has 152 valence electrons. The summed E-state index contributed by atoms with van der Waals surface area (Å²) in [7, 11) is 0. The summed E-state index contributed by atoms with van der Waals surface area (Å²) in [6, 6.07) is 0. The smallest absolute Gasteiger partial charge is 0.340 e. The average molecular weight is 404 g/mol. The molecule has 0 radical (unpaired) electrons. The molecule has 0 spiro atoms. The maximum atomic E-state index is 12.5. The van der Waals surface area contributed by atoms with Gasteiger partial charge in [-0.25, -0.2) is 9.78 Å². The molecule has 1 aliphatic carbocycles. The SMILES string of the molecule is Cc1[nH]c(C(=O)NCCCc2nc3c(s2)CCCC3)c(C)c1C(=O)OC(C)C. The molecule has 7 heteroatoms. The first-order chi connectivity index (χ1) is 13.4. The highest BCUT2D eigenvalue weighted by Gasteiger charge is 2.23. The van der Waals surface area contributed by atoms with E-state index in [2.05, 4.69) is 10.3 Å². The van der Waals surface area contributed by atoms with Crippen LogP contribution in [0.1, 0.15) is 80.8 Å². The van der Waals surface area contributed by atoms with E-state index in [1.54, 1.807) is 13.8 Å². The molecule has 0 bridgehead atoms. The molecule has 0 fully saturated rings. The van der Waals surface area contributed by atoms with Crippen LogP contribution >= 0.6 is 11.3 Å². The van der Waals surface area contributed by atoms with Crippen molar-refractivity contribution < 1.29 is 14.3 Å². The number of amides is 1. The lowest BCUT2D eigenvalue weighted by molar-refractivity contribution is 0.0376. The largest absolute Gasteiger partial charge is 0.459 e. The Balaban J connectivity index is 1.53. The zero-order valence-electron chi connectivity index (χ0n) is 17.1. The van der Waals surface area contributed by atoms with Gasteiger partial charge in [-0.2, -0.15) is 0 Å². The number of thiazole rings is 1. The van der Waals surface area contributed by atoms with Crippen LogP contribution in [0.15, 0.2) is 0 Å². The van der Waals surface area contributed by atoms with Crippen LogP contribution in [0, 0.1) is 13.8 Å². The van der Waals surface area contributed by atoms with Gasteiger partial charge >= 0.3 is 5.97 Å². The predicted octanol–water partition coefficient (Wildman–Crippen LogP) is 3.89. The van der Waals surface area contributed by atoms with Crippen LogP contribution in [-0.2, 0) is 24.0 Å². The fourth-order valence-electron chi connectivity index (χ4n) is 3.60. The molecule has 2 heterocycles. The molecule has 0 saturated heterocycles. The summed E-state index contributed by atoms with van der Waals surface area (Å²) in [5.74, 6) is -0.587. The van der Waals surface area contributed by atoms with Gasteiger partial charge in [0.2, 0.25) is 0 Å².